The predicted octanol–water partition coefficient (Wildman–Crippen LogP) is 3.15. The Labute approximate surface area is 134 Å². The first kappa shape index (κ1) is 16.4. The molecular formula is C16H19ClN2O3. The molecule has 1 aromatic heterocycles. The number of hydrogen-bond donors (Lipinski definition) is 1. The molecule has 0 aliphatic carbocycles. The number of hydrogen-bond acceptors (Lipinski definition) is 4. The van der Waals surface area contributed by atoms with Gasteiger partial charge in [0.15, 0.2) is 0 Å². The van der Waals surface area contributed by atoms with E-state index in [4.69, 9.17) is 20.9 Å². The second-order valence-electron chi connectivity index (χ2n) is 5.02. The van der Waals surface area contributed by atoms with Crippen molar-refractivity contribution in [3.05, 3.63) is 46.8 Å². The molecule has 1 heterocycles. The number of nitrogens with one attached hydrogen (secondary N) is 1. The molecule has 0 spiro atoms. The average Bonchev–Trinajstić information content (AvgIpc) is 2.88. The van der Waals surface area contributed by atoms with E-state index in [2.05, 4.69) is 10.5 Å². The van der Waals surface area contributed by atoms with Gasteiger partial charge in [-0.05, 0) is 31.5 Å². The minimum absolute atomic E-state index is 0.110. The highest BCUT2D eigenvalue weighted by Crippen LogP contribution is 2.18. The summed E-state index contributed by atoms with van der Waals surface area (Å²) in [7, 11) is 0. The molecule has 0 saturated heterocycles. The van der Waals surface area contributed by atoms with Crippen molar-refractivity contribution in [2.45, 2.75) is 32.8 Å². The van der Waals surface area contributed by atoms with Crippen LogP contribution in [0.2, 0.25) is 5.02 Å². The molecule has 2 aromatic rings. The number of rotatable bonds is 7. The van der Waals surface area contributed by atoms with E-state index in [-0.39, 0.29) is 18.4 Å². The Morgan fingerprint density at radius 2 is 2.27 bits per heavy atom. The Bertz CT molecular complexity index is 627. The number of carbonyl (C=O) groups is 1. The molecular weight excluding hydrogens is 304 g/mol. The monoisotopic (exact) mass is 322 g/mol. The van der Waals surface area contributed by atoms with Gasteiger partial charge in [-0.3, -0.25) is 4.79 Å². The van der Waals surface area contributed by atoms with Crippen LogP contribution in [0.4, 0.5) is 0 Å². The van der Waals surface area contributed by atoms with Crippen LogP contribution in [-0.2, 0) is 11.2 Å². The molecule has 0 aliphatic rings. The van der Waals surface area contributed by atoms with Crippen LogP contribution < -0.4 is 10.1 Å². The zero-order valence-electron chi connectivity index (χ0n) is 12.6. The van der Waals surface area contributed by atoms with Gasteiger partial charge in [0.25, 0.3) is 0 Å². The minimum Gasteiger partial charge on any atom is -0.489 e. The molecule has 0 bridgehead atoms. The van der Waals surface area contributed by atoms with Crippen LogP contribution in [0.5, 0.6) is 5.75 Å². The third-order valence-electron chi connectivity index (χ3n) is 3.10. The fourth-order valence-electron chi connectivity index (χ4n) is 1.96. The molecule has 0 aliphatic heterocycles. The van der Waals surface area contributed by atoms with E-state index in [1.807, 2.05) is 19.1 Å². The Morgan fingerprint density at radius 1 is 1.45 bits per heavy atom. The lowest BCUT2D eigenvalue weighted by Gasteiger charge is -2.18. The van der Waals surface area contributed by atoms with Crippen molar-refractivity contribution in [1.82, 2.24) is 10.5 Å². The number of aryl methyl sites for hydroxylation is 1. The Kier molecular flexibility index (Phi) is 5.83. The lowest BCUT2D eigenvalue weighted by Crippen LogP contribution is -2.35. The first-order valence-corrected chi connectivity index (χ1v) is 7.55. The summed E-state index contributed by atoms with van der Waals surface area (Å²) in [5.41, 5.74) is 0.624. The largest absolute Gasteiger partial charge is 0.489 e. The molecule has 1 N–H and O–H groups in total. The number of aromatic nitrogens is 1. The van der Waals surface area contributed by atoms with Gasteiger partial charge in [-0.25, -0.2) is 0 Å². The van der Waals surface area contributed by atoms with Gasteiger partial charge in [0.05, 0.1) is 18.7 Å². The molecule has 6 heteroatoms. The van der Waals surface area contributed by atoms with Crippen LogP contribution in [-0.4, -0.2) is 23.7 Å². The summed E-state index contributed by atoms with van der Waals surface area (Å²) in [5, 5.41) is 7.27. The van der Waals surface area contributed by atoms with Crippen molar-refractivity contribution < 1.29 is 14.1 Å². The number of carbonyl (C=O) groups excluding carboxylic acids is 1. The lowest BCUT2D eigenvalue weighted by molar-refractivity contribution is -0.120. The molecule has 0 radical (unpaired) electrons. The van der Waals surface area contributed by atoms with Gasteiger partial charge in [0.2, 0.25) is 5.91 Å². The van der Waals surface area contributed by atoms with Crippen LogP contribution in [0, 0.1) is 6.92 Å². The zero-order valence-corrected chi connectivity index (χ0v) is 13.4. The summed E-state index contributed by atoms with van der Waals surface area (Å²) >= 11 is 5.93. The van der Waals surface area contributed by atoms with Crippen molar-refractivity contribution in [1.29, 1.82) is 0 Å². The standard InChI is InChI=1S/C16H19ClN2O3/c1-3-14(21-15-6-4-5-12(17)8-15)10-18-16(20)9-13-7-11(2)22-19-13/h4-8,14H,3,9-10H2,1-2H3,(H,18,20). The van der Waals surface area contributed by atoms with Crippen molar-refractivity contribution in [3.63, 3.8) is 0 Å². The molecule has 1 amide bonds. The second-order valence-corrected chi connectivity index (χ2v) is 5.45. The molecule has 22 heavy (non-hydrogen) atoms. The van der Waals surface area contributed by atoms with Gasteiger partial charge in [0.1, 0.15) is 17.6 Å². The topological polar surface area (TPSA) is 64.4 Å². The number of benzene rings is 1. The maximum Gasteiger partial charge on any atom is 0.226 e. The number of nitrogens with zero attached hydrogens (tertiary/aromatic N) is 1. The van der Waals surface area contributed by atoms with Gasteiger partial charge in [-0.15, -0.1) is 0 Å². The third-order valence-corrected chi connectivity index (χ3v) is 3.33. The third kappa shape index (κ3) is 5.07. The maximum atomic E-state index is 11.9. The molecule has 1 aromatic carbocycles. The molecule has 1 unspecified atom stereocenters. The summed E-state index contributed by atoms with van der Waals surface area (Å²) in [4.78, 5) is 11.9. The van der Waals surface area contributed by atoms with E-state index in [0.29, 0.717) is 28.8 Å². The Balaban J connectivity index is 1.81. The van der Waals surface area contributed by atoms with E-state index in [1.165, 1.54) is 0 Å². The lowest BCUT2D eigenvalue weighted by atomic mass is 10.2. The molecule has 5 nitrogen and oxygen atoms in total. The van der Waals surface area contributed by atoms with Crippen LogP contribution in [0.25, 0.3) is 0 Å². The quantitative estimate of drug-likeness (QED) is 0.850. The number of ether oxygens (including phenoxy) is 1. The average molecular weight is 323 g/mol. The fraction of sp³-hybridized carbons (Fsp3) is 0.375. The van der Waals surface area contributed by atoms with Gasteiger partial charge in [-0.2, -0.15) is 0 Å². The van der Waals surface area contributed by atoms with Crippen molar-refractivity contribution in [3.8, 4) is 5.75 Å². The second kappa shape index (κ2) is 7.84. The molecule has 0 saturated carbocycles. The minimum atomic E-state index is -0.110. The summed E-state index contributed by atoms with van der Waals surface area (Å²) in [5.74, 6) is 1.28. The van der Waals surface area contributed by atoms with Crippen LogP contribution in [0.15, 0.2) is 34.9 Å². The van der Waals surface area contributed by atoms with E-state index < -0.39 is 0 Å². The molecule has 0 fully saturated rings. The first-order chi connectivity index (χ1) is 10.6. The number of halogens is 1. The summed E-state index contributed by atoms with van der Waals surface area (Å²) in [6.07, 6.45) is 0.863. The smallest absolute Gasteiger partial charge is 0.226 e. The zero-order chi connectivity index (χ0) is 15.9. The predicted molar refractivity (Wildman–Crippen MR) is 84.1 cm³/mol. The molecule has 2 rings (SSSR count). The summed E-state index contributed by atoms with van der Waals surface area (Å²) in [6, 6.07) is 8.96. The maximum absolute atomic E-state index is 11.9. The van der Waals surface area contributed by atoms with Gasteiger partial charge in [-0.1, -0.05) is 29.7 Å². The Hall–Kier alpha value is -2.01. The fourth-order valence-corrected chi connectivity index (χ4v) is 2.14. The van der Waals surface area contributed by atoms with Gasteiger partial charge in [0, 0.05) is 11.1 Å². The van der Waals surface area contributed by atoms with E-state index in [1.54, 1.807) is 25.1 Å². The summed E-state index contributed by atoms with van der Waals surface area (Å²) < 4.78 is 10.8. The van der Waals surface area contributed by atoms with Crippen molar-refractivity contribution >= 4 is 17.5 Å². The van der Waals surface area contributed by atoms with Crippen molar-refractivity contribution in [2.24, 2.45) is 0 Å². The van der Waals surface area contributed by atoms with Crippen LogP contribution >= 0.6 is 11.6 Å². The van der Waals surface area contributed by atoms with Crippen molar-refractivity contribution in [2.75, 3.05) is 6.54 Å². The van der Waals surface area contributed by atoms with E-state index in [9.17, 15) is 4.79 Å². The van der Waals surface area contributed by atoms with Gasteiger partial charge >= 0.3 is 0 Å². The Morgan fingerprint density at radius 3 is 2.91 bits per heavy atom. The van der Waals surface area contributed by atoms with Crippen LogP contribution in [0.1, 0.15) is 24.8 Å². The van der Waals surface area contributed by atoms with E-state index in [0.717, 1.165) is 6.42 Å². The highest BCUT2D eigenvalue weighted by molar-refractivity contribution is 6.30. The first-order valence-electron chi connectivity index (χ1n) is 7.18. The summed E-state index contributed by atoms with van der Waals surface area (Å²) in [6.45, 7) is 4.22. The van der Waals surface area contributed by atoms with Crippen LogP contribution in [0.3, 0.4) is 0 Å². The molecule has 118 valence electrons. The number of amides is 1. The van der Waals surface area contributed by atoms with Gasteiger partial charge < -0.3 is 14.6 Å². The molecule has 1 atom stereocenters. The highest BCUT2D eigenvalue weighted by Gasteiger charge is 2.12. The SMILES string of the molecule is CCC(CNC(=O)Cc1cc(C)on1)Oc1cccc(Cl)c1. The van der Waals surface area contributed by atoms with E-state index >= 15 is 0 Å². The normalized spacial score (nSPS) is 12.0. The highest BCUT2D eigenvalue weighted by atomic mass is 35.5.